The summed E-state index contributed by atoms with van der Waals surface area (Å²) in [6, 6.07) is 1.61. The molecule has 0 aromatic heterocycles. The minimum Gasteiger partial charge on any atom is -0.380 e. The van der Waals surface area contributed by atoms with Crippen molar-refractivity contribution in [2.45, 2.75) is 25.5 Å². The second-order valence-electron chi connectivity index (χ2n) is 5.34. The maximum absolute atomic E-state index is 14.4. The molecule has 0 saturated carbocycles. The lowest BCUT2D eigenvalue weighted by atomic mass is 10.0. The summed E-state index contributed by atoms with van der Waals surface area (Å²) in [5, 5.41) is 2.08. The fourth-order valence-electron chi connectivity index (χ4n) is 2.83. The van der Waals surface area contributed by atoms with Gasteiger partial charge in [0.2, 0.25) is 11.8 Å². The van der Waals surface area contributed by atoms with Gasteiger partial charge in [-0.25, -0.2) is 4.39 Å². The first kappa shape index (κ1) is 15.3. The molecule has 8 heteroatoms. The molecule has 2 heterocycles. The number of nitrogens with zero attached hydrogens (tertiary/aromatic N) is 1. The number of rotatable bonds is 3. The van der Waals surface area contributed by atoms with E-state index in [-0.39, 0.29) is 36.1 Å². The summed E-state index contributed by atoms with van der Waals surface area (Å²) in [5.74, 6) is -3.61. The highest BCUT2D eigenvalue weighted by Crippen LogP contribution is 2.30. The van der Waals surface area contributed by atoms with Crippen molar-refractivity contribution in [3.63, 3.8) is 0 Å². The van der Waals surface area contributed by atoms with Gasteiger partial charge in [0, 0.05) is 19.1 Å². The number of amides is 4. The number of methoxy groups -OCH3 is 1. The third-order valence-corrected chi connectivity index (χ3v) is 3.93. The topological polar surface area (TPSA) is 92.8 Å². The highest BCUT2D eigenvalue weighted by Gasteiger charge is 2.46. The molecule has 2 aliphatic rings. The summed E-state index contributed by atoms with van der Waals surface area (Å²) in [4.78, 5) is 48.7. The van der Waals surface area contributed by atoms with Gasteiger partial charge >= 0.3 is 0 Å². The molecule has 1 saturated heterocycles. The van der Waals surface area contributed by atoms with Crippen LogP contribution >= 0.6 is 0 Å². The zero-order valence-electron chi connectivity index (χ0n) is 12.2. The summed E-state index contributed by atoms with van der Waals surface area (Å²) in [5.41, 5.74) is -0.288. The van der Waals surface area contributed by atoms with Crippen LogP contribution in [0.1, 0.15) is 39.1 Å². The van der Waals surface area contributed by atoms with Crippen molar-refractivity contribution >= 4 is 23.6 Å². The van der Waals surface area contributed by atoms with Crippen molar-refractivity contribution in [3.8, 4) is 0 Å². The van der Waals surface area contributed by atoms with Crippen molar-refractivity contribution in [2.24, 2.45) is 0 Å². The van der Waals surface area contributed by atoms with Crippen LogP contribution in [-0.4, -0.2) is 41.7 Å². The van der Waals surface area contributed by atoms with Gasteiger partial charge in [-0.05, 0) is 12.5 Å². The fraction of sp³-hybridized carbons (Fsp3) is 0.333. The minimum absolute atomic E-state index is 0.0151. The van der Waals surface area contributed by atoms with Gasteiger partial charge < -0.3 is 4.74 Å². The molecular formula is C15H13FN2O5. The fourth-order valence-corrected chi connectivity index (χ4v) is 2.83. The largest absolute Gasteiger partial charge is 0.380 e. The summed E-state index contributed by atoms with van der Waals surface area (Å²) >= 11 is 0. The molecule has 4 amide bonds. The molecule has 1 atom stereocenters. The average Bonchev–Trinajstić information content (AvgIpc) is 2.75. The molecule has 1 aromatic rings. The SMILES string of the molecule is COCc1ccc2c(c1F)C(=O)N(C1CCC(=O)NC1=O)C2=O. The number of carbonyl (C=O) groups is 4. The Balaban J connectivity index is 1.99. The van der Waals surface area contributed by atoms with E-state index in [1.165, 1.54) is 19.2 Å². The molecule has 120 valence electrons. The molecule has 1 N–H and O–H groups in total. The van der Waals surface area contributed by atoms with Gasteiger partial charge in [-0.2, -0.15) is 0 Å². The number of imide groups is 2. The number of carbonyl (C=O) groups excluding carboxylic acids is 4. The van der Waals surface area contributed by atoms with Crippen LogP contribution in [0.2, 0.25) is 0 Å². The van der Waals surface area contributed by atoms with E-state index in [2.05, 4.69) is 5.32 Å². The Kier molecular flexibility index (Phi) is 3.69. The highest BCUT2D eigenvalue weighted by atomic mass is 19.1. The molecule has 3 rings (SSSR count). The van der Waals surface area contributed by atoms with Crippen LogP contribution in [-0.2, 0) is 20.9 Å². The Hall–Kier alpha value is -2.61. The van der Waals surface area contributed by atoms with Gasteiger partial charge in [0.1, 0.15) is 11.9 Å². The van der Waals surface area contributed by atoms with Crippen LogP contribution in [0.3, 0.4) is 0 Å². The molecule has 0 aliphatic carbocycles. The first-order chi connectivity index (χ1) is 11.0. The Morgan fingerprint density at radius 2 is 2.00 bits per heavy atom. The van der Waals surface area contributed by atoms with E-state index >= 15 is 0 Å². The van der Waals surface area contributed by atoms with E-state index in [9.17, 15) is 23.6 Å². The number of fused-ring (bicyclic) bond motifs is 1. The van der Waals surface area contributed by atoms with Gasteiger partial charge in [-0.15, -0.1) is 0 Å². The number of benzene rings is 1. The third kappa shape index (κ3) is 2.31. The standard InChI is InChI=1S/C15H13FN2O5/c1-23-6-7-2-3-8-11(12(7)16)15(22)18(14(8)21)9-4-5-10(19)17-13(9)20/h2-3,9H,4-6H2,1H3,(H,17,19,20). The van der Waals surface area contributed by atoms with E-state index in [1.54, 1.807) is 0 Å². The van der Waals surface area contributed by atoms with Crippen LogP contribution in [0.4, 0.5) is 4.39 Å². The molecule has 1 aromatic carbocycles. The molecule has 0 spiro atoms. The van der Waals surface area contributed by atoms with Crippen molar-refractivity contribution in [3.05, 3.63) is 34.6 Å². The summed E-state index contributed by atoms with van der Waals surface area (Å²) in [6.45, 7) is -0.0427. The van der Waals surface area contributed by atoms with Gasteiger partial charge in [-0.3, -0.25) is 29.4 Å². The van der Waals surface area contributed by atoms with Crippen molar-refractivity contribution < 1.29 is 28.3 Å². The van der Waals surface area contributed by atoms with Crippen LogP contribution in [0, 0.1) is 5.82 Å². The first-order valence-electron chi connectivity index (χ1n) is 6.97. The average molecular weight is 320 g/mol. The van der Waals surface area contributed by atoms with Crippen molar-refractivity contribution in [1.82, 2.24) is 10.2 Å². The van der Waals surface area contributed by atoms with E-state index in [0.29, 0.717) is 0 Å². The zero-order valence-corrected chi connectivity index (χ0v) is 12.2. The smallest absolute Gasteiger partial charge is 0.265 e. The van der Waals surface area contributed by atoms with Crippen molar-refractivity contribution in [2.75, 3.05) is 7.11 Å². The van der Waals surface area contributed by atoms with Gasteiger partial charge in [-0.1, -0.05) is 6.07 Å². The minimum atomic E-state index is -1.11. The number of halogens is 1. The van der Waals surface area contributed by atoms with E-state index in [0.717, 1.165) is 4.90 Å². The first-order valence-corrected chi connectivity index (χ1v) is 6.97. The molecular weight excluding hydrogens is 307 g/mol. The lowest BCUT2D eigenvalue weighted by Crippen LogP contribution is -2.54. The van der Waals surface area contributed by atoms with Gasteiger partial charge in [0.15, 0.2) is 0 Å². The monoisotopic (exact) mass is 320 g/mol. The van der Waals surface area contributed by atoms with Crippen molar-refractivity contribution in [1.29, 1.82) is 0 Å². The molecule has 2 aliphatic heterocycles. The Morgan fingerprint density at radius 1 is 1.26 bits per heavy atom. The number of nitrogens with one attached hydrogen (secondary N) is 1. The lowest BCUT2D eigenvalue weighted by Gasteiger charge is -2.27. The van der Waals surface area contributed by atoms with Gasteiger partial charge in [0.05, 0.1) is 17.7 Å². The van der Waals surface area contributed by atoms with Crippen LogP contribution in [0.5, 0.6) is 0 Å². The summed E-state index contributed by atoms with van der Waals surface area (Å²) < 4.78 is 19.3. The second kappa shape index (κ2) is 5.54. The summed E-state index contributed by atoms with van der Waals surface area (Å²) in [7, 11) is 1.38. The molecule has 23 heavy (non-hydrogen) atoms. The zero-order chi connectivity index (χ0) is 16.7. The third-order valence-electron chi connectivity index (χ3n) is 3.93. The lowest BCUT2D eigenvalue weighted by molar-refractivity contribution is -0.136. The Labute approximate surface area is 130 Å². The molecule has 0 radical (unpaired) electrons. The number of piperidine rings is 1. The Morgan fingerprint density at radius 3 is 2.65 bits per heavy atom. The second-order valence-corrected chi connectivity index (χ2v) is 5.34. The molecule has 1 unspecified atom stereocenters. The molecule has 1 fully saturated rings. The predicted octanol–water partition coefficient (Wildman–Crippen LogP) is 0.373. The van der Waals surface area contributed by atoms with Crippen LogP contribution in [0.15, 0.2) is 12.1 Å². The normalized spacial score (nSPS) is 20.8. The molecule has 7 nitrogen and oxygen atoms in total. The number of hydrogen-bond acceptors (Lipinski definition) is 5. The molecule has 0 bridgehead atoms. The maximum atomic E-state index is 14.4. The highest BCUT2D eigenvalue weighted by molar-refractivity contribution is 6.23. The predicted molar refractivity (Wildman–Crippen MR) is 73.8 cm³/mol. The number of hydrogen-bond donors (Lipinski definition) is 1. The Bertz CT molecular complexity index is 746. The quantitative estimate of drug-likeness (QED) is 0.813. The summed E-state index contributed by atoms with van der Waals surface area (Å²) in [6.07, 6.45) is 0.0455. The van der Waals surface area contributed by atoms with E-state index in [4.69, 9.17) is 4.74 Å². The van der Waals surface area contributed by atoms with Crippen LogP contribution < -0.4 is 5.32 Å². The number of ether oxygens (including phenoxy) is 1. The van der Waals surface area contributed by atoms with E-state index in [1.807, 2.05) is 0 Å². The maximum Gasteiger partial charge on any atom is 0.265 e. The van der Waals surface area contributed by atoms with E-state index < -0.39 is 35.5 Å². The van der Waals surface area contributed by atoms with Gasteiger partial charge in [0.25, 0.3) is 11.8 Å². The van der Waals surface area contributed by atoms with Crippen LogP contribution in [0.25, 0.3) is 0 Å².